The van der Waals surface area contributed by atoms with Crippen molar-refractivity contribution in [1.82, 2.24) is 9.80 Å². The van der Waals surface area contributed by atoms with Gasteiger partial charge in [-0.1, -0.05) is 24.6 Å². The average molecular weight is 276 g/mol. The summed E-state index contributed by atoms with van der Waals surface area (Å²) in [5, 5.41) is 10.1. The summed E-state index contributed by atoms with van der Waals surface area (Å²) in [5.74, 6) is 0.411. The third-order valence-corrected chi connectivity index (χ3v) is 4.70. The van der Waals surface area contributed by atoms with Gasteiger partial charge in [0.1, 0.15) is 5.75 Å². The van der Waals surface area contributed by atoms with Crippen molar-refractivity contribution in [3.63, 3.8) is 0 Å². The highest BCUT2D eigenvalue weighted by molar-refractivity contribution is 5.37. The van der Waals surface area contributed by atoms with Gasteiger partial charge >= 0.3 is 0 Å². The maximum atomic E-state index is 10.1. The molecule has 1 aliphatic rings. The Kier molecular flexibility index (Phi) is 5.06. The van der Waals surface area contributed by atoms with Gasteiger partial charge in [0.05, 0.1) is 0 Å². The van der Waals surface area contributed by atoms with Crippen LogP contribution in [0.3, 0.4) is 0 Å². The normalized spacial score (nSPS) is 21.6. The van der Waals surface area contributed by atoms with Crippen LogP contribution in [0.25, 0.3) is 0 Å². The SMILES string of the molecule is CCN1CCCC1CN(C)C(C)c1cc(C)ccc1O. The molecule has 20 heavy (non-hydrogen) atoms. The number of aryl methyl sites for hydroxylation is 1. The summed E-state index contributed by atoms with van der Waals surface area (Å²) in [6.07, 6.45) is 2.61. The number of benzene rings is 1. The number of phenolic OH excluding ortho intramolecular Hbond substituents is 1. The Morgan fingerprint density at radius 3 is 2.90 bits per heavy atom. The number of phenols is 1. The molecule has 1 aromatic rings. The lowest BCUT2D eigenvalue weighted by atomic mass is 10.0. The van der Waals surface area contributed by atoms with Crippen LogP contribution in [0.4, 0.5) is 0 Å². The minimum atomic E-state index is 0.245. The molecule has 2 unspecified atom stereocenters. The van der Waals surface area contributed by atoms with Crippen molar-refractivity contribution in [3.8, 4) is 5.75 Å². The van der Waals surface area contributed by atoms with E-state index in [1.54, 1.807) is 0 Å². The second-order valence-electron chi connectivity index (χ2n) is 6.10. The van der Waals surface area contributed by atoms with Gasteiger partial charge in [-0.25, -0.2) is 0 Å². The minimum Gasteiger partial charge on any atom is -0.508 e. The molecular formula is C17H28N2O. The number of likely N-dealkylation sites (N-methyl/N-ethyl adjacent to an activating group) is 2. The molecule has 1 N–H and O–H groups in total. The van der Waals surface area contributed by atoms with Gasteiger partial charge in [-0.05, 0) is 52.9 Å². The second kappa shape index (κ2) is 6.59. The van der Waals surface area contributed by atoms with Crippen LogP contribution in [0.15, 0.2) is 18.2 Å². The standard InChI is InChI=1S/C17H28N2O/c1-5-19-10-6-7-15(19)12-18(4)14(3)16-11-13(2)8-9-17(16)20/h8-9,11,14-15,20H,5-7,10,12H2,1-4H3. The Balaban J connectivity index is 2.04. The summed E-state index contributed by atoms with van der Waals surface area (Å²) in [6.45, 7) is 9.95. The van der Waals surface area contributed by atoms with E-state index < -0.39 is 0 Å². The van der Waals surface area contributed by atoms with Gasteiger partial charge in [-0.2, -0.15) is 0 Å². The van der Waals surface area contributed by atoms with Crippen LogP contribution < -0.4 is 0 Å². The van der Waals surface area contributed by atoms with Crippen molar-refractivity contribution in [2.75, 3.05) is 26.7 Å². The fourth-order valence-corrected chi connectivity index (χ4v) is 3.25. The van der Waals surface area contributed by atoms with Crippen molar-refractivity contribution in [2.24, 2.45) is 0 Å². The fraction of sp³-hybridized carbons (Fsp3) is 0.647. The predicted molar refractivity (Wildman–Crippen MR) is 84.2 cm³/mol. The van der Waals surface area contributed by atoms with Crippen LogP contribution in [-0.2, 0) is 0 Å². The highest BCUT2D eigenvalue weighted by atomic mass is 16.3. The number of hydrogen-bond acceptors (Lipinski definition) is 3. The van der Waals surface area contributed by atoms with Gasteiger partial charge in [0.2, 0.25) is 0 Å². The zero-order valence-corrected chi connectivity index (χ0v) is 13.3. The quantitative estimate of drug-likeness (QED) is 0.895. The van der Waals surface area contributed by atoms with Crippen LogP contribution in [0.1, 0.15) is 43.9 Å². The molecule has 0 amide bonds. The molecule has 112 valence electrons. The smallest absolute Gasteiger partial charge is 0.120 e. The van der Waals surface area contributed by atoms with Crippen molar-refractivity contribution in [3.05, 3.63) is 29.3 Å². The van der Waals surface area contributed by atoms with E-state index in [1.807, 2.05) is 12.1 Å². The van der Waals surface area contributed by atoms with Gasteiger partial charge in [0.25, 0.3) is 0 Å². The average Bonchev–Trinajstić information content (AvgIpc) is 2.87. The molecule has 3 nitrogen and oxygen atoms in total. The van der Waals surface area contributed by atoms with Gasteiger partial charge < -0.3 is 5.11 Å². The molecule has 0 radical (unpaired) electrons. The summed E-state index contributed by atoms with van der Waals surface area (Å²) in [6, 6.07) is 6.78. The molecule has 0 saturated carbocycles. The Bertz CT molecular complexity index is 447. The van der Waals surface area contributed by atoms with E-state index in [1.165, 1.54) is 24.9 Å². The summed E-state index contributed by atoms with van der Waals surface area (Å²) in [4.78, 5) is 4.94. The maximum absolute atomic E-state index is 10.1. The maximum Gasteiger partial charge on any atom is 0.120 e. The van der Waals surface area contributed by atoms with Crippen molar-refractivity contribution >= 4 is 0 Å². The molecular weight excluding hydrogens is 248 g/mol. The second-order valence-corrected chi connectivity index (χ2v) is 6.10. The zero-order valence-electron chi connectivity index (χ0n) is 13.3. The van der Waals surface area contributed by atoms with Crippen LogP contribution >= 0.6 is 0 Å². The van der Waals surface area contributed by atoms with E-state index in [0.29, 0.717) is 11.8 Å². The monoisotopic (exact) mass is 276 g/mol. The van der Waals surface area contributed by atoms with Gasteiger partial charge in [-0.3, -0.25) is 9.80 Å². The highest BCUT2D eigenvalue weighted by Gasteiger charge is 2.26. The summed E-state index contributed by atoms with van der Waals surface area (Å²) in [7, 11) is 2.17. The van der Waals surface area contributed by atoms with Gasteiger partial charge in [-0.15, -0.1) is 0 Å². The van der Waals surface area contributed by atoms with E-state index in [0.717, 1.165) is 18.7 Å². The zero-order chi connectivity index (χ0) is 14.7. The number of likely N-dealkylation sites (tertiary alicyclic amines) is 1. The predicted octanol–water partition coefficient (Wildman–Crippen LogP) is 3.18. The van der Waals surface area contributed by atoms with E-state index in [4.69, 9.17) is 0 Å². The lowest BCUT2D eigenvalue weighted by Crippen LogP contribution is -2.39. The first kappa shape index (κ1) is 15.3. The van der Waals surface area contributed by atoms with Crippen LogP contribution in [0.5, 0.6) is 5.75 Å². The van der Waals surface area contributed by atoms with Gasteiger partial charge in [0, 0.05) is 24.2 Å². The minimum absolute atomic E-state index is 0.245. The number of rotatable bonds is 5. The lowest BCUT2D eigenvalue weighted by molar-refractivity contribution is 0.169. The molecule has 1 heterocycles. The first-order valence-corrected chi connectivity index (χ1v) is 7.76. The molecule has 2 atom stereocenters. The van der Waals surface area contributed by atoms with E-state index in [9.17, 15) is 5.11 Å². The van der Waals surface area contributed by atoms with Crippen LogP contribution in [0, 0.1) is 6.92 Å². The summed E-state index contributed by atoms with van der Waals surface area (Å²) < 4.78 is 0. The highest BCUT2D eigenvalue weighted by Crippen LogP contribution is 2.29. The number of nitrogens with zero attached hydrogens (tertiary/aromatic N) is 2. The summed E-state index contributed by atoms with van der Waals surface area (Å²) >= 11 is 0. The molecule has 0 aromatic heterocycles. The molecule has 0 bridgehead atoms. The first-order valence-electron chi connectivity index (χ1n) is 7.76. The Morgan fingerprint density at radius 2 is 2.20 bits per heavy atom. The molecule has 1 saturated heterocycles. The number of hydrogen-bond donors (Lipinski definition) is 1. The topological polar surface area (TPSA) is 26.7 Å². The molecule has 3 heteroatoms. The van der Waals surface area contributed by atoms with Crippen molar-refractivity contribution in [1.29, 1.82) is 0 Å². The van der Waals surface area contributed by atoms with Crippen LogP contribution in [-0.4, -0.2) is 47.6 Å². The fourth-order valence-electron chi connectivity index (χ4n) is 3.25. The molecule has 0 aliphatic carbocycles. The largest absolute Gasteiger partial charge is 0.508 e. The molecule has 1 fully saturated rings. The Hall–Kier alpha value is -1.06. The van der Waals surface area contributed by atoms with E-state index in [-0.39, 0.29) is 6.04 Å². The number of aromatic hydroxyl groups is 1. The Labute approximate surface area is 123 Å². The van der Waals surface area contributed by atoms with Gasteiger partial charge in [0.15, 0.2) is 0 Å². The molecule has 2 rings (SSSR count). The third kappa shape index (κ3) is 3.33. The first-order chi connectivity index (χ1) is 9.52. The summed E-state index contributed by atoms with van der Waals surface area (Å²) in [5.41, 5.74) is 2.24. The lowest BCUT2D eigenvalue weighted by Gasteiger charge is -2.32. The van der Waals surface area contributed by atoms with Crippen molar-refractivity contribution in [2.45, 2.75) is 45.7 Å². The molecule has 0 spiro atoms. The Morgan fingerprint density at radius 1 is 1.45 bits per heavy atom. The van der Waals surface area contributed by atoms with Crippen LogP contribution in [0.2, 0.25) is 0 Å². The van der Waals surface area contributed by atoms with Crippen molar-refractivity contribution < 1.29 is 5.11 Å². The van der Waals surface area contributed by atoms with E-state index in [2.05, 4.69) is 43.7 Å². The third-order valence-electron chi connectivity index (χ3n) is 4.70. The molecule has 1 aliphatic heterocycles. The molecule has 1 aromatic carbocycles. The van der Waals surface area contributed by atoms with E-state index >= 15 is 0 Å².